The van der Waals surface area contributed by atoms with E-state index in [1.54, 1.807) is 11.3 Å². The van der Waals surface area contributed by atoms with Crippen LogP contribution in [0.15, 0.2) is 17.5 Å². The van der Waals surface area contributed by atoms with E-state index in [1.807, 2.05) is 6.07 Å². The number of carbonyl (C=O) groups excluding carboxylic acids is 1. The lowest BCUT2D eigenvalue weighted by Crippen LogP contribution is -2.45. The van der Waals surface area contributed by atoms with E-state index in [0.717, 1.165) is 13.1 Å². The molecule has 3 aliphatic heterocycles. The Morgan fingerprint density at radius 3 is 2.65 bits per heavy atom. The van der Waals surface area contributed by atoms with Crippen LogP contribution in [0.3, 0.4) is 0 Å². The SMILES string of the molecule is Cl.O=C(NCc1cccs1)N1[C@@H]2CC[C@H]1[C@H]1CNC[C@H]12. The van der Waals surface area contributed by atoms with Crippen LogP contribution in [0.1, 0.15) is 17.7 Å². The van der Waals surface area contributed by atoms with E-state index in [2.05, 4.69) is 27.0 Å². The number of nitrogens with zero attached hydrogens (tertiary/aromatic N) is 1. The van der Waals surface area contributed by atoms with Crippen LogP contribution in [0.5, 0.6) is 0 Å². The highest BCUT2D eigenvalue weighted by Gasteiger charge is 2.56. The summed E-state index contributed by atoms with van der Waals surface area (Å²) in [6.07, 6.45) is 2.39. The summed E-state index contributed by atoms with van der Waals surface area (Å²) < 4.78 is 0. The van der Waals surface area contributed by atoms with Crippen molar-refractivity contribution in [1.82, 2.24) is 15.5 Å². The summed E-state index contributed by atoms with van der Waals surface area (Å²) in [5.74, 6) is 1.40. The number of rotatable bonds is 2. The fourth-order valence-corrected chi connectivity index (χ4v) is 4.88. The first-order valence-electron chi connectivity index (χ1n) is 7.14. The van der Waals surface area contributed by atoms with E-state index in [1.165, 1.54) is 17.7 Å². The van der Waals surface area contributed by atoms with E-state index >= 15 is 0 Å². The molecule has 1 aromatic heterocycles. The minimum atomic E-state index is 0. The molecule has 3 saturated heterocycles. The molecular weight excluding hydrogens is 294 g/mol. The molecule has 2 amide bonds. The van der Waals surface area contributed by atoms with Crippen molar-refractivity contribution < 1.29 is 4.79 Å². The van der Waals surface area contributed by atoms with Gasteiger partial charge in [-0.1, -0.05) is 6.07 Å². The van der Waals surface area contributed by atoms with Gasteiger partial charge in [-0.3, -0.25) is 0 Å². The summed E-state index contributed by atoms with van der Waals surface area (Å²) in [6, 6.07) is 5.21. The van der Waals surface area contributed by atoms with Gasteiger partial charge in [-0.15, -0.1) is 23.7 Å². The zero-order chi connectivity index (χ0) is 12.8. The molecule has 0 radical (unpaired) electrons. The summed E-state index contributed by atoms with van der Waals surface area (Å²) in [5.41, 5.74) is 0. The van der Waals surface area contributed by atoms with Crippen molar-refractivity contribution in [3.8, 4) is 0 Å². The number of halogens is 1. The van der Waals surface area contributed by atoms with E-state index in [9.17, 15) is 4.79 Å². The maximum atomic E-state index is 12.4. The fraction of sp³-hybridized carbons (Fsp3) is 0.643. The molecule has 3 aliphatic rings. The second-order valence-electron chi connectivity index (χ2n) is 5.84. The number of carbonyl (C=O) groups is 1. The lowest BCUT2D eigenvalue weighted by molar-refractivity contribution is 0.184. The maximum Gasteiger partial charge on any atom is 0.318 e. The van der Waals surface area contributed by atoms with Gasteiger partial charge in [0.15, 0.2) is 0 Å². The molecule has 6 heteroatoms. The van der Waals surface area contributed by atoms with Crippen LogP contribution in [0.4, 0.5) is 4.79 Å². The molecule has 1 aromatic rings. The predicted octanol–water partition coefficient (Wildman–Crippen LogP) is 2.06. The molecule has 0 saturated carbocycles. The van der Waals surface area contributed by atoms with Crippen molar-refractivity contribution in [3.05, 3.63) is 22.4 Å². The monoisotopic (exact) mass is 313 g/mol. The fourth-order valence-electron chi connectivity index (χ4n) is 4.24. The largest absolute Gasteiger partial charge is 0.333 e. The van der Waals surface area contributed by atoms with Crippen LogP contribution >= 0.6 is 23.7 Å². The first-order chi connectivity index (χ1) is 9.34. The predicted molar refractivity (Wildman–Crippen MR) is 82.3 cm³/mol. The lowest BCUT2D eigenvalue weighted by Gasteiger charge is -2.24. The Balaban J connectivity index is 0.00000121. The summed E-state index contributed by atoms with van der Waals surface area (Å²) in [7, 11) is 0. The number of thiophene rings is 1. The molecule has 0 unspecified atom stereocenters. The van der Waals surface area contributed by atoms with Crippen molar-refractivity contribution in [2.45, 2.75) is 31.5 Å². The summed E-state index contributed by atoms with van der Waals surface area (Å²) in [6.45, 7) is 2.86. The number of fused-ring (bicyclic) bond motifs is 5. The highest BCUT2D eigenvalue weighted by atomic mass is 35.5. The van der Waals surface area contributed by atoms with E-state index in [4.69, 9.17) is 0 Å². The van der Waals surface area contributed by atoms with Gasteiger partial charge in [-0.2, -0.15) is 0 Å². The molecule has 4 atom stereocenters. The van der Waals surface area contributed by atoms with E-state index < -0.39 is 0 Å². The Hall–Kier alpha value is -0.780. The Morgan fingerprint density at radius 2 is 2.05 bits per heavy atom. The molecule has 2 bridgehead atoms. The van der Waals surface area contributed by atoms with Crippen molar-refractivity contribution in [1.29, 1.82) is 0 Å². The third-order valence-electron chi connectivity index (χ3n) is 5.00. The maximum absolute atomic E-state index is 12.4. The highest BCUT2D eigenvalue weighted by Crippen LogP contribution is 2.47. The number of hydrogen-bond acceptors (Lipinski definition) is 3. The van der Waals surface area contributed by atoms with Gasteiger partial charge >= 0.3 is 6.03 Å². The average Bonchev–Trinajstić information content (AvgIpc) is 3.15. The minimum Gasteiger partial charge on any atom is -0.333 e. The normalized spacial score (nSPS) is 33.9. The van der Waals surface area contributed by atoms with Gasteiger partial charge in [0, 0.05) is 30.1 Å². The second kappa shape index (κ2) is 5.54. The number of urea groups is 1. The third-order valence-corrected chi connectivity index (χ3v) is 5.88. The Labute approximate surface area is 129 Å². The molecule has 2 N–H and O–H groups in total. The number of hydrogen-bond donors (Lipinski definition) is 2. The average molecular weight is 314 g/mol. The van der Waals surface area contributed by atoms with Crippen LogP contribution < -0.4 is 10.6 Å². The van der Waals surface area contributed by atoms with Crippen molar-refractivity contribution in [2.24, 2.45) is 11.8 Å². The van der Waals surface area contributed by atoms with Crippen LogP contribution in [-0.4, -0.2) is 36.1 Å². The summed E-state index contributed by atoms with van der Waals surface area (Å²) in [4.78, 5) is 15.8. The van der Waals surface area contributed by atoms with Gasteiger partial charge in [-0.05, 0) is 36.1 Å². The molecule has 0 aliphatic carbocycles. The first-order valence-corrected chi connectivity index (χ1v) is 8.02. The minimum absolute atomic E-state index is 0. The zero-order valence-electron chi connectivity index (χ0n) is 11.2. The van der Waals surface area contributed by atoms with Gasteiger partial charge in [0.2, 0.25) is 0 Å². The van der Waals surface area contributed by atoms with E-state index in [-0.39, 0.29) is 18.4 Å². The van der Waals surface area contributed by atoms with Gasteiger partial charge < -0.3 is 15.5 Å². The lowest BCUT2D eigenvalue weighted by atomic mass is 9.82. The molecule has 110 valence electrons. The smallest absolute Gasteiger partial charge is 0.318 e. The van der Waals surface area contributed by atoms with Crippen LogP contribution in [0, 0.1) is 11.8 Å². The van der Waals surface area contributed by atoms with Crippen molar-refractivity contribution in [3.63, 3.8) is 0 Å². The quantitative estimate of drug-likeness (QED) is 0.878. The van der Waals surface area contributed by atoms with Crippen LogP contribution in [-0.2, 0) is 6.54 Å². The van der Waals surface area contributed by atoms with Crippen LogP contribution in [0.25, 0.3) is 0 Å². The van der Waals surface area contributed by atoms with Crippen molar-refractivity contribution >= 4 is 29.8 Å². The topological polar surface area (TPSA) is 44.4 Å². The third kappa shape index (κ3) is 2.12. The highest BCUT2D eigenvalue weighted by molar-refractivity contribution is 7.09. The standard InChI is InChI=1S/C14H19N3OS.ClH/c18-14(16-6-9-2-1-5-19-9)17-12-3-4-13(17)11-8-15-7-10(11)12;/h1-2,5,10-13,15H,3-4,6-8H2,(H,16,18);1H/t10-,11+,12-,13+;. The Bertz CT molecular complexity index is 463. The molecule has 3 fully saturated rings. The van der Waals surface area contributed by atoms with Gasteiger partial charge in [-0.25, -0.2) is 4.79 Å². The molecule has 4 nitrogen and oxygen atoms in total. The van der Waals surface area contributed by atoms with Gasteiger partial charge in [0.25, 0.3) is 0 Å². The second-order valence-corrected chi connectivity index (χ2v) is 6.88. The van der Waals surface area contributed by atoms with Crippen molar-refractivity contribution in [2.75, 3.05) is 13.1 Å². The molecule has 4 heterocycles. The molecule has 20 heavy (non-hydrogen) atoms. The summed E-state index contributed by atoms with van der Waals surface area (Å²) >= 11 is 1.70. The van der Waals surface area contributed by atoms with E-state index in [0.29, 0.717) is 30.5 Å². The first kappa shape index (κ1) is 14.2. The molecular formula is C14H20ClN3OS. The zero-order valence-corrected chi connectivity index (χ0v) is 12.9. The summed E-state index contributed by atoms with van der Waals surface area (Å²) in [5, 5.41) is 8.63. The Kier molecular flexibility index (Phi) is 3.93. The van der Waals surface area contributed by atoms with Crippen LogP contribution in [0.2, 0.25) is 0 Å². The molecule has 4 rings (SSSR count). The molecule has 0 spiro atoms. The van der Waals surface area contributed by atoms with Gasteiger partial charge in [0.05, 0.1) is 6.54 Å². The number of nitrogens with one attached hydrogen (secondary N) is 2. The Morgan fingerprint density at radius 1 is 1.35 bits per heavy atom. The molecule has 0 aromatic carbocycles. The van der Waals surface area contributed by atoms with Gasteiger partial charge in [0.1, 0.15) is 0 Å². The number of amides is 2.